The van der Waals surface area contributed by atoms with Crippen molar-refractivity contribution >= 4 is 22.9 Å². The third kappa shape index (κ3) is 2.58. The molecule has 7 nitrogen and oxygen atoms in total. The fourth-order valence-electron chi connectivity index (χ4n) is 1.34. The van der Waals surface area contributed by atoms with Gasteiger partial charge in [-0.1, -0.05) is 4.49 Å². The van der Waals surface area contributed by atoms with Gasteiger partial charge in [0.05, 0.1) is 28.4 Å². The van der Waals surface area contributed by atoms with E-state index in [0.717, 1.165) is 5.69 Å². The van der Waals surface area contributed by atoms with E-state index in [1.807, 2.05) is 6.07 Å². The van der Waals surface area contributed by atoms with E-state index in [9.17, 15) is 10.1 Å². The fraction of sp³-hybridized carbons (Fsp3) is 0.100. The van der Waals surface area contributed by atoms with Crippen LogP contribution in [0.3, 0.4) is 0 Å². The van der Waals surface area contributed by atoms with Crippen LogP contribution in [0, 0.1) is 21.4 Å². The average Bonchev–Trinajstić information content (AvgIpc) is 2.89. The van der Waals surface area contributed by atoms with Crippen molar-refractivity contribution in [2.24, 2.45) is 0 Å². The first-order valence-corrected chi connectivity index (χ1v) is 5.72. The summed E-state index contributed by atoms with van der Waals surface area (Å²) in [5.41, 5.74) is 1.41. The lowest BCUT2D eigenvalue weighted by atomic mass is 10.1. The predicted octanol–water partition coefficient (Wildman–Crippen LogP) is 1.93. The first-order valence-electron chi connectivity index (χ1n) is 4.89. The molecule has 18 heavy (non-hydrogen) atoms. The lowest BCUT2D eigenvalue weighted by molar-refractivity contribution is -0.384. The number of non-ortho nitro benzene ring substituents is 1. The molecule has 0 aliphatic rings. The lowest BCUT2D eigenvalue weighted by Crippen LogP contribution is -2.02. The molecule has 0 bridgehead atoms. The minimum Gasteiger partial charge on any atom is -0.378 e. The van der Waals surface area contributed by atoms with E-state index in [1.54, 1.807) is 5.38 Å². The summed E-state index contributed by atoms with van der Waals surface area (Å²) in [6.45, 7) is 0.420. The van der Waals surface area contributed by atoms with Gasteiger partial charge in [-0.05, 0) is 17.6 Å². The van der Waals surface area contributed by atoms with E-state index in [4.69, 9.17) is 5.26 Å². The van der Waals surface area contributed by atoms with E-state index >= 15 is 0 Å². The Morgan fingerprint density at radius 2 is 2.39 bits per heavy atom. The summed E-state index contributed by atoms with van der Waals surface area (Å²) in [5, 5.41) is 28.1. The van der Waals surface area contributed by atoms with Crippen molar-refractivity contribution in [3.05, 3.63) is 45.0 Å². The third-order valence-corrected chi connectivity index (χ3v) is 2.75. The molecule has 0 fully saturated rings. The van der Waals surface area contributed by atoms with Crippen molar-refractivity contribution in [2.45, 2.75) is 6.54 Å². The molecule has 1 aromatic carbocycles. The topological polar surface area (TPSA) is 105 Å². The standard InChI is InChI=1S/C10H7N5O2S/c11-4-7-3-9(15(16)17)1-2-10(7)12-5-8-6-18-14-13-8/h1-3,6,12H,5H2. The van der Waals surface area contributed by atoms with Gasteiger partial charge in [0.25, 0.3) is 5.69 Å². The highest BCUT2D eigenvalue weighted by Gasteiger charge is 2.10. The van der Waals surface area contributed by atoms with Crippen LogP contribution in [-0.2, 0) is 6.54 Å². The summed E-state index contributed by atoms with van der Waals surface area (Å²) in [6.07, 6.45) is 0. The van der Waals surface area contributed by atoms with Crippen LogP contribution in [0.15, 0.2) is 23.6 Å². The van der Waals surface area contributed by atoms with Gasteiger partial charge in [0, 0.05) is 17.5 Å². The molecular weight excluding hydrogens is 254 g/mol. The molecule has 0 aliphatic heterocycles. The number of benzene rings is 1. The first kappa shape index (κ1) is 11.9. The summed E-state index contributed by atoms with van der Waals surface area (Å²) in [6, 6.07) is 6.02. The van der Waals surface area contributed by atoms with Crippen LogP contribution < -0.4 is 5.32 Å². The van der Waals surface area contributed by atoms with Crippen LogP contribution in [0.5, 0.6) is 0 Å². The smallest absolute Gasteiger partial charge is 0.270 e. The highest BCUT2D eigenvalue weighted by molar-refractivity contribution is 7.03. The van der Waals surface area contributed by atoms with Crippen LogP contribution in [0.25, 0.3) is 0 Å². The number of aromatic nitrogens is 2. The van der Waals surface area contributed by atoms with Gasteiger partial charge in [0.2, 0.25) is 0 Å². The second kappa shape index (κ2) is 5.20. The van der Waals surface area contributed by atoms with Crippen molar-refractivity contribution in [1.29, 1.82) is 5.26 Å². The van der Waals surface area contributed by atoms with E-state index in [1.165, 1.54) is 29.7 Å². The maximum atomic E-state index is 10.6. The Balaban J connectivity index is 2.18. The molecule has 0 radical (unpaired) electrons. The molecule has 0 saturated carbocycles. The van der Waals surface area contributed by atoms with Gasteiger partial charge in [-0.2, -0.15) is 5.26 Å². The Morgan fingerprint density at radius 3 is 3.00 bits per heavy atom. The zero-order chi connectivity index (χ0) is 13.0. The maximum Gasteiger partial charge on any atom is 0.270 e. The molecule has 2 aromatic rings. The van der Waals surface area contributed by atoms with Crippen molar-refractivity contribution in [2.75, 3.05) is 5.32 Å². The van der Waals surface area contributed by atoms with Gasteiger partial charge in [-0.25, -0.2) is 0 Å². The van der Waals surface area contributed by atoms with Crippen molar-refractivity contribution < 1.29 is 4.92 Å². The molecule has 0 spiro atoms. The number of nitro groups is 1. The maximum absolute atomic E-state index is 10.6. The highest BCUT2D eigenvalue weighted by atomic mass is 32.1. The molecule has 1 N–H and O–H groups in total. The number of nitro benzene ring substituents is 1. The minimum absolute atomic E-state index is 0.104. The Labute approximate surface area is 106 Å². The lowest BCUT2D eigenvalue weighted by Gasteiger charge is -2.05. The number of nitrogens with one attached hydrogen (secondary N) is 1. The molecule has 0 saturated heterocycles. The second-order valence-corrected chi connectivity index (χ2v) is 3.96. The molecule has 1 aromatic heterocycles. The predicted molar refractivity (Wildman–Crippen MR) is 65.0 cm³/mol. The van der Waals surface area contributed by atoms with Gasteiger partial charge in [0.15, 0.2) is 0 Å². The molecule has 0 atom stereocenters. The molecular formula is C10H7N5O2S. The van der Waals surface area contributed by atoms with Gasteiger partial charge >= 0.3 is 0 Å². The summed E-state index contributed by atoms with van der Waals surface area (Å²) < 4.78 is 3.71. The van der Waals surface area contributed by atoms with Crippen LogP contribution in [0.2, 0.25) is 0 Å². The molecule has 0 aliphatic carbocycles. The van der Waals surface area contributed by atoms with Crippen LogP contribution >= 0.6 is 11.5 Å². The summed E-state index contributed by atoms with van der Waals surface area (Å²) in [4.78, 5) is 10.1. The normalized spacial score (nSPS) is 9.72. The number of rotatable bonds is 4. The largest absolute Gasteiger partial charge is 0.378 e. The second-order valence-electron chi connectivity index (χ2n) is 3.35. The van der Waals surface area contributed by atoms with Gasteiger partial charge in [-0.3, -0.25) is 10.1 Å². The molecule has 2 rings (SSSR count). The van der Waals surface area contributed by atoms with Gasteiger partial charge in [-0.15, -0.1) is 5.10 Å². The zero-order valence-electron chi connectivity index (χ0n) is 9.03. The Kier molecular flexibility index (Phi) is 3.45. The number of hydrogen-bond acceptors (Lipinski definition) is 7. The van der Waals surface area contributed by atoms with E-state index in [0.29, 0.717) is 12.2 Å². The van der Waals surface area contributed by atoms with Crippen LogP contribution in [-0.4, -0.2) is 14.5 Å². The van der Waals surface area contributed by atoms with Crippen molar-refractivity contribution in [1.82, 2.24) is 9.59 Å². The molecule has 1 heterocycles. The Bertz CT molecular complexity index is 605. The third-order valence-electron chi connectivity index (χ3n) is 2.20. The Morgan fingerprint density at radius 1 is 1.56 bits per heavy atom. The average molecular weight is 261 g/mol. The number of hydrogen-bond donors (Lipinski definition) is 1. The minimum atomic E-state index is -0.533. The van der Waals surface area contributed by atoms with Crippen LogP contribution in [0.1, 0.15) is 11.3 Å². The van der Waals surface area contributed by atoms with E-state index in [-0.39, 0.29) is 11.3 Å². The highest BCUT2D eigenvalue weighted by Crippen LogP contribution is 2.21. The SMILES string of the molecule is N#Cc1cc([N+](=O)[O-])ccc1NCc1csnn1. The summed E-state index contributed by atoms with van der Waals surface area (Å²) in [7, 11) is 0. The van der Waals surface area contributed by atoms with E-state index < -0.39 is 4.92 Å². The fourth-order valence-corrected chi connectivity index (χ4v) is 1.79. The zero-order valence-corrected chi connectivity index (χ0v) is 9.85. The first-order chi connectivity index (χ1) is 8.70. The van der Waals surface area contributed by atoms with Crippen molar-refractivity contribution in [3.8, 4) is 6.07 Å². The summed E-state index contributed by atoms with van der Waals surface area (Å²) >= 11 is 1.24. The number of anilines is 1. The Hall–Kier alpha value is -2.53. The van der Waals surface area contributed by atoms with Gasteiger partial charge in [0.1, 0.15) is 6.07 Å². The summed E-state index contributed by atoms with van der Waals surface area (Å²) in [5.74, 6) is 0. The number of nitrogens with zero attached hydrogens (tertiary/aromatic N) is 4. The monoisotopic (exact) mass is 261 g/mol. The molecule has 90 valence electrons. The molecule has 0 amide bonds. The molecule has 0 unspecified atom stereocenters. The quantitative estimate of drug-likeness (QED) is 0.666. The van der Waals surface area contributed by atoms with E-state index in [2.05, 4.69) is 14.9 Å². The van der Waals surface area contributed by atoms with Gasteiger partial charge < -0.3 is 5.32 Å². The van der Waals surface area contributed by atoms with Crippen molar-refractivity contribution in [3.63, 3.8) is 0 Å². The molecule has 8 heteroatoms. The van der Waals surface area contributed by atoms with Crippen LogP contribution in [0.4, 0.5) is 11.4 Å². The number of nitriles is 1.